The van der Waals surface area contributed by atoms with E-state index in [-0.39, 0.29) is 5.75 Å². The summed E-state index contributed by atoms with van der Waals surface area (Å²) in [7, 11) is -1.65. The molecule has 0 aliphatic carbocycles. The van der Waals surface area contributed by atoms with Gasteiger partial charge in [-0.25, -0.2) is 13.1 Å². The Morgan fingerprint density at radius 1 is 0.955 bits per heavy atom. The van der Waals surface area contributed by atoms with Crippen LogP contribution in [0.4, 0.5) is 0 Å². The zero-order chi connectivity index (χ0) is 15.8. The molecular formula is C17H21NO3S. The minimum atomic E-state index is -3.26. The van der Waals surface area contributed by atoms with Crippen LogP contribution in [0.1, 0.15) is 11.1 Å². The smallest absolute Gasteiger partial charge is 0.211 e. The zero-order valence-corrected chi connectivity index (χ0v) is 13.5. The van der Waals surface area contributed by atoms with E-state index in [4.69, 9.17) is 4.74 Å². The molecule has 0 amide bonds. The van der Waals surface area contributed by atoms with Gasteiger partial charge in [-0.3, -0.25) is 0 Å². The van der Waals surface area contributed by atoms with Gasteiger partial charge in [0.25, 0.3) is 0 Å². The van der Waals surface area contributed by atoms with E-state index >= 15 is 0 Å². The molecule has 2 aromatic carbocycles. The van der Waals surface area contributed by atoms with Gasteiger partial charge in [-0.05, 0) is 30.0 Å². The van der Waals surface area contributed by atoms with Crippen LogP contribution in [0.15, 0.2) is 54.6 Å². The molecule has 0 spiro atoms. The molecule has 0 fully saturated rings. The van der Waals surface area contributed by atoms with Crippen LogP contribution in [0, 0.1) is 0 Å². The van der Waals surface area contributed by atoms with Gasteiger partial charge in [-0.15, -0.1) is 0 Å². The Morgan fingerprint density at radius 3 is 2.36 bits per heavy atom. The molecule has 0 saturated carbocycles. The molecule has 118 valence electrons. The lowest BCUT2D eigenvalue weighted by Crippen LogP contribution is -2.29. The molecule has 0 atom stereocenters. The number of methoxy groups -OCH3 is 1. The summed E-state index contributed by atoms with van der Waals surface area (Å²) in [4.78, 5) is 0. The second-order valence-corrected chi connectivity index (χ2v) is 6.94. The quantitative estimate of drug-likeness (QED) is 0.813. The van der Waals surface area contributed by atoms with Crippen molar-refractivity contribution in [3.8, 4) is 5.75 Å². The number of sulfonamides is 1. The Hall–Kier alpha value is -1.85. The standard InChI is InChI=1S/C17H21NO3S/c1-21-17-10-6-5-9-16(17)11-13-18-22(19,20)14-12-15-7-3-2-4-8-15/h2-10,18H,11-14H2,1H3. The largest absolute Gasteiger partial charge is 0.496 e. The Morgan fingerprint density at radius 2 is 1.64 bits per heavy atom. The van der Waals surface area contributed by atoms with Crippen molar-refractivity contribution < 1.29 is 13.2 Å². The summed E-state index contributed by atoms with van der Waals surface area (Å²) in [6, 6.07) is 17.2. The molecule has 1 N–H and O–H groups in total. The number of ether oxygens (including phenoxy) is 1. The summed E-state index contributed by atoms with van der Waals surface area (Å²) in [6.07, 6.45) is 1.12. The van der Waals surface area contributed by atoms with Crippen LogP contribution in [-0.4, -0.2) is 27.8 Å². The number of aryl methyl sites for hydroxylation is 1. The highest BCUT2D eigenvalue weighted by atomic mass is 32.2. The number of nitrogens with one attached hydrogen (secondary N) is 1. The molecule has 5 heteroatoms. The molecule has 0 saturated heterocycles. The molecule has 2 aromatic rings. The predicted octanol–water partition coefficient (Wildman–Crippen LogP) is 2.40. The SMILES string of the molecule is COc1ccccc1CCNS(=O)(=O)CCc1ccccc1. The first-order chi connectivity index (χ1) is 10.6. The molecule has 0 radical (unpaired) electrons. The summed E-state index contributed by atoms with van der Waals surface area (Å²) < 4.78 is 31.9. The van der Waals surface area contributed by atoms with Crippen LogP contribution >= 0.6 is 0 Å². The van der Waals surface area contributed by atoms with E-state index < -0.39 is 10.0 Å². The first-order valence-electron chi connectivity index (χ1n) is 7.24. The second-order valence-electron chi connectivity index (χ2n) is 5.01. The third-order valence-electron chi connectivity index (χ3n) is 3.41. The Kier molecular flexibility index (Phi) is 5.98. The van der Waals surface area contributed by atoms with Crippen LogP contribution in [-0.2, 0) is 22.9 Å². The van der Waals surface area contributed by atoms with E-state index in [9.17, 15) is 8.42 Å². The average molecular weight is 319 g/mol. The van der Waals surface area contributed by atoms with Gasteiger partial charge in [0.05, 0.1) is 12.9 Å². The van der Waals surface area contributed by atoms with Gasteiger partial charge in [-0.1, -0.05) is 48.5 Å². The summed E-state index contributed by atoms with van der Waals surface area (Å²) in [5, 5.41) is 0. The van der Waals surface area contributed by atoms with Gasteiger partial charge < -0.3 is 4.74 Å². The molecule has 2 rings (SSSR count). The highest BCUT2D eigenvalue weighted by Crippen LogP contribution is 2.17. The molecule has 22 heavy (non-hydrogen) atoms. The lowest BCUT2D eigenvalue weighted by molar-refractivity contribution is 0.409. The lowest BCUT2D eigenvalue weighted by atomic mass is 10.1. The van der Waals surface area contributed by atoms with Crippen LogP contribution in [0.2, 0.25) is 0 Å². The topological polar surface area (TPSA) is 55.4 Å². The van der Waals surface area contributed by atoms with Gasteiger partial charge in [-0.2, -0.15) is 0 Å². The van der Waals surface area contributed by atoms with Crippen molar-refractivity contribution in [3.05, 3.63) is 65.7 Å². The fourth-order valence-corrected chi connectivity index (χ4v) is 3.28. The summed E-state index contributed by atoms with van der Waals surface area (Å²) in [6.45, 7) is 0.373. The Bertz CT molecular complexity index is 684. The number of rotatable bonds is 8. The molecule has 0 aliphatic rings. The number of para-hydroxylation sites is 1. The van der Waals surface area contributed by atoms with E-state index in [1.54, 1.807) is 7.11 Å². The highest BCUT2D eigenvalue weighted by Gasteiger charge is 2.10. The molecular weight excluding hydrogens is 298 g/mol. The van der Waals surface area contributed by atoms with Gasteiger partial charge >= 0.3 is 0 Å². The van der Waals surface area contributed by atoms with E-state index in [2.05, 4.69) is 4.72 Å². The third kappa shape index (κ3) is 5.16. The van der Waals surface area contributed by atoms with Gasteiger partial charge in [0.2, 0.25) is 10.0 Å². The van der Waals surface area contributed by atoms with E-state index in [0.717, 1.165) is 16.9 Å². The fourth-order valence-electron chi connectivity index (χ4n) is 2.22. The zero-order valence-electron chi connectivity index (χ0n) is 12.7. The van der Waals surface area contributed by atoms with Gasteiger partial charge in [0.1, 0.15) is 5.75 Å². The van der Waals surface area contributed by atoms with Crippen LogP contribution < -0.4 is 9.46 Å². The lowest BCUT2D eigenvalue weighted by Gasteiger charge is -2.09. The maximum absolute atomic E-state index is 12.0. The maximum atomic E-state index is 12.0. The Labute approximate surface area is 132 Å². The third-order valence-corrected chi connectivity index (χ3v) is 4.80. The normalized spacial score (nSPS) is 11.3. The van der Waals surface area contributed by atoms with Crippen molar-refractivity contribution in [2.24, 2.45) is 0 Å². The molecule has 0 aliphatic heterocycles. The van der Waals surface area contributed by atoms with E-state index in [1.165, 1.54) is 0 Å². The first kappa shape index (κ1) is 16.5. The van der Waals surface area contributed by atoms with Crippen molar-refractivity contribution in [2.45, 2.75) is 12.8 Å². The van der Waals surface area contributed by atoms with Crippen molar-refractivity contribution in [3.63, 3.8) is 0 Å². The molecule has 4 nitrogen and oxygen atoms in total. The molecule has 0 unspecified atom stereocenters. The van der Waals surface area contributed by atoms with Crippen LogP contribution in [0.25, 0.3) is 0 Å². The highest BCUT2D eigenvalue weighted by molar-refractivity contribution is 7.89. The minimum absolute atomic E-state index is 0.100. The molecule has 0 bridgehead atoms. The van der Waals surface area contributed by atoms with Crippen LogP contribution in [0.5, 0.6) is 5.75 Å². The summed E-state index contributed by atoms with van der Waals surface area (Å²) >= 11 is 0. The van der Waals surface area contributed by atoms with Crippen molar-refractivity contribution in [2.75, 3.05) is 19.4 Å². The summed E-state index contributed by atoms with van der Waals surface area (Å²) in [5.41, 5.74) is 2.02. The molecule has 0 aromatic heterocycles. The maximum Gasteiger partial charge on any atom is 0.211 e. The fraction of sp³-hybridized carbons (Fsp3) is 0.294. The average Bonchev–Trinajstić information content (AvgIpc) is 2.54. The number of hydrogen-bond acceptors (Lipinski definition) is 3. The second kappa shape index (κ2) is 7.96. The first-order valence-corrected chi connectivity index (χ1v) is 8.89. The van der Waals surface area contributed by atoms with Crippen molar-refractivity contribution >= 4 is 10.0 Å². The monoisotopic (exact) mass is 319 g/mol. The van der Waals surface area contributed by atoms with Crippen LogP contribution in [0.3, 0.4) is 0 Å². The predicted molar refractivity (Wildman–Crippen MR) is 88.6 cm³/mol. The van der Waals surface area contributed by atoms with Crippen molar-refractivity contribution in [1.82, 2.24) is 4.72 Å². The van der Waals surface area contributed by atoms with E-state index in [0.29, 0.717) is 19.4 Å². The van der Waals surface area contributed by atoms with Crippen molar-refractivity contribution in [1.29, 1.82) is 0 Å². The minimum Gasteiger partial charge on any atom is -0.496 e. The summed E-state index contributed by atoms with van der Waals surface area (Å²) in [5.74, 6) is 0.883. The van der Waals surface area contributed by atoms with Gasteiger partial charge in [0, 0.05) is 6.54 Å². The van der Waals surface area contributed by atoms with E-state index in [1.807, 2.05) is 54.6 Å². The molecule has 0 heterocycles. The number of benzene rings is 2. The number of hydrogen-bond donors (Lipinski definition) is 1. The van der Waals surface area contributed by atoms with Gasteiger partial charge in [0.15, 0.2) is 0 Å². The Balaban J connectivity index is 1.82.